The van der Waals surface area contributed by atoms with Gasteiger partial charge in [-0.15, -0.1) is 0 Å². The highest BCUT2D eigenvalue weighted by Crippen LogP contribution is 2.36. The standard InChI is InChI=1S/C20H23ClN4O4.C20H24N4O4.C19H21N5O5/c1-3-29-16(26)8-6-4-5-7-9-25-15-11-13(21)12(2)10-14(15)22-17-18(25)23-20(28)24-19(17)27;1-12-10-14-15(11-13(12)2)24(9-7-5-4-6-8-16(25)26)18-17(21-14)19(27)23(3)20(28)22-18;1-9-6-12-14(7-10(9)2)24(5-4-20-13(19(28)29)8-15(25)26)17-16(23-12)18(27)22-11(3)21-17/h10-11H,3-9H2,1-2H3,(H,24,27,28);10-11H,4-9H2,1-3H3,(H,25,26);6-7,13,20H,3-5,8H2,1-2H3,(H,22,27)(H,25,26)(H,28,29)/t;;13-/m..0/s1. The van der Waals surface area contributed by atoms with Gasteiger partial charge in [0.05, 0.1) is 46.5 Å². The first-order chi connectivity index (χ1) is 40.9. The number of unbranched alkanes of at least 4 members (excludes halogenated alkanes) is 6. The van der Waals surface area contributed by atoms with Gasteiger partial charge in [-0.1, -0.05) is 43.9 Å². The number of carboxylic acids is 3. The number of aromatic amines is 2. The Hall–Kier alpha value is -9.30. The highest BCUT2D eigenvalue weighted by Gasteiger charge is 2.27. The van der Waals surface area contributed by atoms with Crippen molar-refractivity contribution in [1.82, 2.24) is 53.9 Å². The number of hydrogen-bond acceptors (Lipinski definition) is 18. The number of hydrogen-bond donors (Lipinski definition) is 6. The molecule has 3 aromatic carbocycles. The predicted octanol–water partition coefficient (Wildman–Crippen LogP) is 5.02. The maximum atomic E-state index is 12.6. The molecule has 0 unspecified atom stereocenters. The molecule has 1 aromatic heterocycles. The first kappa shape index (κ1) is 64.3. The molecule has 0 amide bonds. The van der Waals surface area contributed by atoms with E-state index >= 15 is 0 Å². The molecule has 6 heterocycles. The van der Waals surface area contributed by atoms with Crippen molar-refractivity contribution in [2.24, 2.45) is 12.0 Å². The lowest BCUT2D eigenvalue weighted by atomic mass is 10.1. The van der Waals surface area contributed by atoms with Crippen LogP contribution in [0.15, 0.2) is 65.4 Å². The second-order valence-electron chi connectivity index (χ2n) is 20.9. The number of ether oxygens (including phenoxy) is 1. The number of carbonyl (C=O) groups is 4. The molecule has 0 saturated carbocycles. The minimum Gasteiger partial charge on any atom is -0.481 e. The van der Waals surface area contributed by atoms with E-state index in [1.165, 1.54) is 7.05 Å². The topological polar surface area (TPSA) is 362 Å². The molecule has 0 aliphatic carbocycles. The number of carboxylic acid groups (broad SMARTS) is 3. The zero-order valence-corrected chi connectivity index (χ0v) is 49.6. The number of aliphatic carboxylic acids is 3. The fourth-order valence-electron chi connectivity index (χ4n) is 9.68. The monoisotopic (exact) mass is 1200 g/mol. The van der Waals surface area contributed by atoms with E-state index in [9.17, 15) is 48.3 Å². The number of rotatable bonds is 22. The van der Waals surface area contributed by atoms with Crippen molar-refractivity contribution >= 4 is 81.3 Å². The molecule has 0 fully saturated rings. The molecule has 5 aliphatic heterocycles. The number of anilines is 2. The van der Waals surface area contributed by atoms with Crippen LogP contribution in [0.3, 0.4) is 0 Å². The number of nitrogens with one attached hydrogen (secondary N) is 3. The number of aromatic nitrogens is 10. The summed E-state index contributed by atoms with van der Waals surface area (Å²) < 4.78 is 9.61. The van der Waals surface area contributed by atoms with Crippen molar-refractivity contribution in [2.45, 2.75) is 131 Å². The van der Waals surface area contributed by atoms with Crippen molar-refractivity contribution in [2.75, 3.05) is 24.6 Å². The largest absolute Gasteiger partial charge is 0.481 e. The average molecular weight is 1200 g/mol. The lowest BCUT2D eigenvalue weighted by Gasteiger charge is -2.29. The van der Waals surface area contributed by atoms with Gasteiger partial charge in [0.1, 0.15) is 11.5 Å². The molecule has 9 rings (SSSR count). The third-order valence-corrected chi connectivity index (χ3v) is 14.9. The Morgan fingerprint density at radius 3 is 1.88 bits per heavy atom. The summed E-state index contributed by atoms with van der Waals surface area (Å²) in [5.74, 6) is -2.55. The van der Waals surface area contributed by atoms with E-state index < -0.39 is 58.4 Å². The van der Waals surface area contributed by atoms with Crippen molar-refractivity contribution in [1.29, 1.82) is 0 Å². The highest BCUT2D eigenvalue weighted by molar-refractivity contribution is 6.32. The fraction of sp³-hybridized carbons (Fsp3) is 0.407. The molecule has 86 heavy (non-hydrogen) atoms. The molecule has 454 valence electrons. The summed E-state index contributed by atoms with van der Waals surface area (Å²) in [5.41, 5.74) is 7.01. The summed E-state index contributed by atoms with van der Waals surface area (Å²) >= 11 is 6.30. The third-order valence-electron chi connectivity index (χ3n) is 14.5. The van der Waals surface area contributed by atoms with Gasteiger partial charge in [-0.2, -0.15) is 9.97 Å². The van der Waals surface area contributed by atoms with Gasteiger partial charge in [0.25, 0.3) is 16.7 Å². The van der Waals surface area contributed by atoms with Gasteiger partial charge in [0.2, 0.25) is 0 Å². The van der Waals surface area contributed by atoms with E-state index in [4.69, 9.17) is 26.6 Å². The lowest BCUT2D eigenvalue weighted by molar-refractivity contribution is -0.145. The van der Waals surface area contributed by atoms with Crippen LogP contribution in [0.4, 0.5) is 17.2 Å². The summed E-state index contributed by atoms with van der Waals surface area (Å²) in [6.07, 6.45) is 6.43. The Morgan fingerprint density at radius 2 is 1.24 bits per heavy atom. The smallest absolute Gasteiger partial charge is 0.352 e. The van der Waals surface area contributed by atoms with Crippen molar-refractivity contribution < 1.29 is 39.2 Å². The van der Waals surface area contributed by atoms with Crippen LogP contribution in [0.1, 0.15) is 105 Å². The van der Waals surface area contributed by atoms with Crippen LogP contribution < -0.4 is 49.1 Å². The summed E-state index contributed by atoms with van der Waals surface area (Å²) in [4.78, 5) is 137. The number of carbonyl (C=O) groups excluding carboxylic acids is 1. The van der Waals surface area contributed by atoms with Crippen LogP contribution in [-0.4, -0.2) is 114 Å². The minimum absolute atomic E-state index is 0.126. The molecule has 0 spiro atoms. The van der Waals surface area contributed by atoms with Crippen molar-refractivity contribution in [3.63, 3.8) is 0 Å². The van der Waals surface area contributed by atoms with Gasteiger partial charge in [-0.3, -0.25) is 43.1 Å². The quantitative estimate of drug-likeness (QED) is 0.0294. The molecule has 6 N–H and O–H groups in total. The van der Waals surface area contributed by atoms with Crippen LogP contribution in [0.25, 0.3) is 51.7 Å². The molecule has 0 radical (unpaired) electrons. The summed E-state index contributed by atoms with van der Waals surface area (Å²) in [5, 5.41) is 30.3. The van der Waals surface area contributed by atoms with E-state index in [2.05, 4.69) is 51.8 Å². The molecule has 26 nitrogen and oxygen atoms in total. The summed E-state index contributed by atoms with van der Waals surface area (Å²) in [6, 6.07) is 10.1. The molecule has 27 heteroatoms. The van der Waals surface area contributed by atoms with Gasteiger partial charge in [-0.05, 0) is 131 Å². The molecular weight excluding hydrogens is 1130 g/mol. The Labute approximate surface area is 495 Å². The number of benzene rings is 3. The van der Waals surface area contributed by atoms with Gasteiger partial charge < -0.3 is 44.4 Å². The number of nitrogens with zero attached hydrogens (tertiary/aromatic N) is 10. The second-order valence-corrected chi connectivity index (χ2v) is 21.3. The van der Waals surface area contributed by atoms with Crippen molar-refractivity contribution in [3.05, 3.63) is 132 Å². The number of H-pyrrole nitrogens is 2. The Morgan fingerprint density at radius 1 is 0.663 bits per heavy atom. The Kier molecular flexibility index (Phi) is 21.3. The highest BCUT2D eigenvalue weighted by atomic mass is 35.5. The fourth-order valence-corrected chi connectivity index (χ4v) is 9.84. The molecule has 0 saturated heterocycles. The number of fused-ring (bicyclic) bond motifs is 6. The third kappa shape index (κ3) is 15.5. The van der Waals surface area contributed by atoms with Crippen LogP contribution in [0, 0.1) is 34.6 Å². The van der Waals surface area contributed by atoms with E-state index in [0.29, 0.717) is 65.9 Å². The van der Waals surface area contributed by atoms with Crippen LogP contribution in [-0.2, 0) is 44.1 Å². The molecule has 0 bridgehead atoms. The van der Waals surface area contributed by atoms with Crippen LogP contribution >= 0.6 is 11.6 Å². The number of esters is 1. The molecular formula is C59H68ClN13O13. The SMILES string of the molecule is C=c1nc2c(c(=O)[nH]1)=Nc1cc(C)c(C)cc1N2CCN[C@@H](CC(=O)O)C(=O)O.CCOC(=O)CCCCCCn1c2nc(=O)[nH]c(=O)c-2nc2cc(C)c(Cl)cc21.Cc1cc2nc3c(=O)n(C)c(=O)nc-3n(CCCCCCC(=O)O)c2cc1C. The van der Waals surface area contributed by atoms with E-state index in [1.807, 2.05) is 74.1 Å². The Bertz CT molecular complexity index is 4270. The summed E-state index contributed by atoms with van der Waals surface area (Å²) in [6.45, 7) is 17.1. The lowest BCUT2D eigenvalue weighted by Crippen LogP contribution is -2.46. The molecule has 1 atom stereocenters. The minimum atomic E-state index is -1.25. The molecule has 5 aliphatic rings. The van der Waals surface area contributed by atoms with Gasteiger partial charge in [0.15, 0.2) is 34.2 Å². The Balaban J connectivity index is 0.000000185. The van der Waals surface area contributed by atoms with Gasteiger partial charge in [-0.25, -0.2) is 29.5 Å². The van der Waals surface area contributed by atoms with E-state index in [1.54, 1.807) is 17.9 Å². The van der Waals surface area contributed by atoms with Crippen LogP contribution in [0.5, 0.6) is 0 Å². The van der Waals surface area contributed by atoms with E-state index in [-0.39, 0.29) is 53.5 Å². The zero-order chi connectivity index (χ0) is 62.7. The van der Waals surface area contributed by atoms with Gasteiger partial charge in [0, 0.05) is 51.1 Å². The van der Waals surface area contributed by atoms with Crippen LogP contribution in [0.2, 0.25) is 5.02 Å². The normalized spacial score (nSPS) is 12.0. The average Bonchev–Trinajstić information content (AvgIpc) is 0.826. The zero-order valence-electron chi connectivity index (χ0n) is 48.8. The first-order valence-corrected chi connectivity index (χ1v) is 28.4. The number of aryl methyl sites for hydroxylation is 7. The predicted molar refractivity (Wildman–Crippen MR) is 322 cm³/mol. The second kappa shape index (κ2) is 28.5. The first-order valence-electron chi connectivity index (χ1n) is 28.0. The maximum absolute atomic E-state index is 12.6. The summed E-state index contributed by atoms with van der Waals surface area (Å²) in [7, 11) is 1.40. The molecule has 4 aromatic rings. The van der Waals surface area contributed by atoms with Gasteiger partial charge >= 0.3 is 35.3 Å². The van der Waals surface area contributed by atoms with Crippen molar-refractivity contribution in [3.8, 4) is 23.0 Å². The maximum Gasteiger partial charge on any atom is 0.352 e. The number of halogens is 1. The van der Waals surface area contributed by atoms with E-state index in [0.717, 1.165) is 94.1 Å².